The van der Waals surface area contributed by atoms with Gasteiger partial charge < -0.3 is 19.9 Å². The van der Waals surface area contributed by atoms with Gasteiger partial charge in [0.15, 0.2) is 0 Å². The Kier molecular flexibility index (Phi) is 8.33. The molecule has 190 valence electrons. The molecule has 0 unspecified atom stereocenters. The SMILES string of the molecule is Cc1cc(C)nc(N2CC[N+](C)(c3ccc([N+](=O)[O-])cc3COCCCN3CCNCC3)CC2)c1. The number of piperazine rings is 2. The summed E-state index contributed by atoms with van der Waals surface area (Å²) in [6.07, 6.45) is 0.967. The normalized spacial score (nSPS) is 18.5. The Morgan fingerprint density at radius 2 is 1.86 bits per heavy atom. The number of aryl methyl sites for hydroxylation is 2. The Bertz CT molecular complexity index is 996. The zero-order chi connectivity index (χ0) is 24.8. The van der Waals surface area contributed by atoms with Crippen molar-refractivity contribution in [1.82, 2.24) is 19.7 Å². The number of hydrogen-bond acceptors (Lipinski definition) is 7. The number of likely N-dealkylation sites (N-methyl/N-ethyl adjacent to an activating group) is 1. The van der Waals surface area contributed by atoms with Crippen molar-refractivity contribution in [3.05, 3.63) is 57.3 Å². The maximum atomic E-state index is 11.5. The van der Waals surface area contributed by atoms with Gasteiger partial charge in [-0.05, 0) is 38.0 Å². The van der Waals surface area contributed by atoms with Gasteiger partial charge in [-0.2, -0.15) is 0 Å². The molecule has 0 amide bonds. The molecule has 2 saturated heterocycles. The van der Waals surface area contributed by atoms with Crippen LogP contribution in [-0.2, 0) is 11.3 Å². The van der Waals surface area contributed by atoms with E-state index in [0.29, 0.717) is 13.2 Å². The molecule has 2 fully saturated rings. The topological polar surface area (TPSA) is 83.8 Å². The smallest absolute Gasteiger partial charge is 0.270 e. The lowest BCUT2D eigenvalue weighted by Crippen LogP contribution is -2.59. The molecule has 4 rings (SSSR count). The van der Waals surface area contributed by atoms with Crippen molar-refractivity contribution >= 4 is 17.2 Å². The van der Waals surface area contributed by atoms with Crippen molar-refractivity contribution in [2.45, 2.75) is 26.9 Å². The van der Waals surface area contributed by atoms with Crippen LogP contribution in [0.5, 0.6) is 0 Å². The second kappa shape index (κ2) is 11.4. The molecule has 0 bridgehead atoms. The number of quaternary nitrogens is 1. The van der Waals surface area contributed by atoms with E-state index in [1.54, 1.807) is 12.1 Å². The van der Waals surface area contributed by atoms with Crippen molar-refractivity contribution in [3.63, 3.8) is 0 Å². The fourth-order valence-corrected chi connectivity index (χ4v) is 5.19. The van der Waals surface area contributed by atoms with Crippen molar-refractivity contribution in [2.75, 3.05) is 77.5 Å². The molecule has 2 aromatic rings. The average Bonchev–Trinajstić information content (AvgIpc) is 2.84. The molecule has 9 heteroatoms. The number of non-ortho nitro benzene ring substituents is 1. The van der Waals surface area contributed by atoms with Gasteiger partial charge in [-0.1, -0.05) is 0 Å². The molecular weight excluding hydrogens is 444 g/mol. The third kappa shape index (κ3) is 6.55. The molecule has 0 atom stereocenters. The van der Waals surface area contributed by atoms with E-state index in [4.69, 9.17) is 9.72 Å². The van der Waals surface area contributed by atoms with E-state index in [0.717, 1.165) is 92.6 Å². The van der Waals surface area contributed by atoms with Crippen LogP contribution in [0.1, 0.15) is 23.2 Å². The molecule has 0 saturated carbocycles. The fraction of sp³-hybridized carbons (Fsp3) is 0.577. The van der Waals surface area contributed by atoms with Crippen LogP contribution in [0.2, 0.25) is 0 Å². The Morgan fingerprint density at radius 1 is 1.11 bits per heavy atom. The van der Waals surface area contributed by atoms with E-state index in [2.05, 4.69) is 41.2 Å². The number of ether oxygens (including phenoxy) is 1. The Morgan fingerprint density at radius 3 is 2.54 bits per heavy atom. The Labute approximate surface area is 208 Å². The van der Waals surface area contributed by atoms with Gasteiger partial charge in [-0.15, -0.1) is 0 Å². The van der Waals surface area contributed by atoms with Crippen molar-refractivity contribution in [3.8, 4) is 0 Å². The maximum absolute atomic E-state index is 11.5. The van der Waals surface area contributed by atoms with Gasteiger partial charge in [-0.25, -0.2) is 4.98 Å². The third-order valence-electron chi connectivity index (χ3n) is 7.22. The third-order valence-corrected chi connectivity index (χ3v) is 7.22. The molecule has 0 spiro atoms. The van der Waals surface area contributed by atoms with Crippen molar-refractivity contribution in [2.24, 2.45) is 0 Å². The summed E-state index contributed by atoms with van der Waals surface area (Å²) in [5, 5.41) is 14.8. The van der Waals surface area contributed by atoms with Gasteiger partial charge >= 0.3 is 0 Å². The van der Waals surface area contributed by atoms with Crippen LogP contribution in [0.3, 0.4) is 0 Å². The summed E-state index contributed by atoms with van der Waals surface area (Å²) in [6.45, 7) is 14.1. The predicted molar refractivity (Wildman–Crippen MR) is 140 cm³/mol. The van der Waals surface area contributed by atoms with Crippen LogP contribution in [0.4, 0.5) is 17.2 Å². The number of rotatable bonds is 9. The van der Waals surface area contributed by atoms with Gasteiger partial charge in [-0.3, -0.25) is 14.6 Å². The quantitative estimate of drug-likeness (QED) is 0.254. The minimum absolute atomic E-state index is 0.123. The molecular formula is C26H39N6O3+. The highest BCUT2D eigenvalue weighted by Gasteiger charge is 2.34. The standard InChI is InChI=1S/C26H39N6O3/c1-21-17-22(2)28-26(18-21)30-12-14-32(3,15-13-30)25-6-5-24(31(33)34)19-23(25)20-35-16-4-9-29-10-7-27-8-11-29/h5-6,17-19,27H,4,7-16,20H2,1-3H3/q+1. The molecule has 1 N–H and O–H groups in total. The first-order valence-electron chi connectivity index (χ1n) is 12.7. The Balaban J connectivity index is 1.40. The van der Waals surface area contributed by atoms with E-state index >= 15 is 0 Å². The van der Waals surface area contributed by atoms with E-state index in [-0.39, 0.29) is 10.6 Å². The highest BCUT2D eigenvalue weighted by Crippen LogP contribution is 2.32. The number of pyridine rings is 1. The minimum atomic E-state index is -0.318. The van der Waals surface area contributed by atoms with Gasteiger partial charge in [0.1, 0.15) is 24.6 Å². The molecule has 0 aliphatic carbocycles. The lowest BCUT2D eigenvalue weighted by Gasteiger charge is -2.42. The first-order valence-corrected chi connectivity index (χ1v) is 12.7. The fourth-order valence-electron chi connectivity index (χ4n) is 5.19. The predicted octanol–water partition coefficient (Wildman–Crippen LogP) is 2.88. The lowest BCUT2D eigenvalue weighted by molar-refractivity contribution is -0.384. The Hall–Kier alpha value is -2.59. The van der Waals surface area contributed by atoms with Gasteiger partial charge in [0.2, 0.25) is 0 Å². The summed E-state index contributed by atoms with van der Waals surface area (Å²) in [7, 11) is 2.22. The summed E-state index contributed by atoms with van der Waals surface area (Å²) in [5.41, 5.74) is 4.42. The largest absolute Gasteiger partial charge is 0.376 e. The van der Waals surface area contributed by atoms with E-state index in [1.807, 2.05) is 13.0 Å². The van der Waals surface area contributed by atoms with E-state index in [9.17, 15) is 10.1 Å². The summed E-state index contributed by atoms with van der Waals surface area (Å²) >= 11 is 0. The summed E-state index contributed by atoms with van der Waals surface area (Å²) in [6, 6.07) is 9.51. The maximum Gasteiger partial charge on any atom is 0.270 e. The number of nitro groups is 1. The van der Waals surface area contributed by atoms with Gasteiger partial charge in [0, 0.05) is 68.8 Å². The molecule has 2 aliphatic heterocycles. The number of nitrogens with one attached hydrogen (secondary N) is 1. The zero-order valence-electron chi connectivity index (χ0n) is 21.3. The first-order chi connectivity index (χ1) is 16.8. The second-order valence-corrected chi connectivity index (χ2v) is 10.0. The molecule has 9 nitrogen and oxygen atoms in total. The van der Waals surface area contributed by atoms with Crippen LogP contribution < -0.4 is 14.7 Å². The van der Waals surface area contributed by atoms with Gasteiger partial charge in [0.25, 0.3) is 5.69 Å². The van der Waals surface area contributed by atoms with Crippen LogP contribution >= 0.6 is 0 Å². The van der Waals surface area contributed by atoms with Crippen LogP contribution in [0, 0.1) is 24.0 Å². The van der Waals surface area contributed by atoms with Crippen molar-refractivity contribution < 1.29 is 9.66 Å². The van der Waals surface area contributed by atoms with Crippen molar-refractivity contribution in [1.29, 1.82) is 0 Å². The molecule has 2 aliphatic rings. The highest BCUT2D eigenvalue weighted by molar-refractivity contribution is 5.56. The minimum Gasteiger partial charge on any atom is -0.376 e. The molecule has 1 aromatic carbocycles. The van der Waals surface area contributed by atoms with Crippen LogP contribution in [0.25, 0.3) is 0 Å². The highest BCUT2D eigenvalue weighted by atomic mass is 16.6. The monoisotopic (exact) mass is 483 g/mol. The molecule has 35 heavy (non-hydrogen) atoms. The number of aromatic nitrogens is 1. The molecule has 1 aromatic heterocycles. The summed E-state index contributed by atoms with van der Waals surface area (Å²) in [5.74, 6) is 1.03. The second-order valence-electron chi connectivity index (χ2n) is 10.0. The summed E-state index contributed by atoms with van der Waals surface area (Å²) in [4.78, 5) is 20.7. The zero-order valence-corrected chi connectivity index (χ0v) is 21.3. The number of nitro benzene ring substituents is 1. The molecule has 0 radical (unpaired) electrons. The number of benzene rings is 1. The number of anilines is 1. The lowest BCUT2D eigenvalue weighted by atomic mass is 10.1. The average molecular weight is 484 g/mol. The first kappa shape index (κ1) is 25.5. The van der Waals surface area contributed by atoms with Crippen LogP contribution in [-0.4, -0.2) is 87.4 Å². The van der Waals surface area contributed by atoms with Crippen LogP contribution in [0.15, 0.2) is 30.3 Å². The van der Waals surface area contributed by atoms with E-state index < -0.39 is 0 Å². The number of hydrogen-bond donors (Lipinski definition) is 1. The van der Waals surface area contributed by atoms with E-state index in [1.165, 1.54) is 5.56 Å². The number of nitrogens with zero attached hydrogens (tertiary/aromatic N) is 5. The van der Waals surface area contributed by atoms with Gasteiger partial charge in [0.05, 0.1) is 31.7 Å². The summed E-state index contributed by atoms with van der Waals surface area (Å²) < 4.78 is 6.78. The molecule has 3 heterocycles.